The van der Waals surface area contributed by atoms with Crippen LogP contribution in [0.25, 0.3) is 17.0 Å². The Morgan fingerprint density at radius 2 is 2.19 bits per heavy atom. The standard InChI is InChI=1S/C11H6N4S/c12-5-8-1-2-10-13-14-11(15(10)6-8)9-3-4-16-7-9/h1-4,6-7H. The van der Waals surface area contributed by atoms with Crippen LogP contribution in [-0.2, 0) is 0 Å². The Kier molecular flexibility index (Phi) is 1.95. The summed E-state index contributed by atoms with van der Waals surface area (Å²) in [5.74, 6) is 0.772. The van der Waals surface area contributed by atoms with Gasteiger partial charge < -0.3 is 0 Å². The molecule has 0 saturated heterocycles. The average molecular weight is 226 g/mol. The van der Waals surface area contributed by atoms with Gasteiger partial charge in [-0.3, -0.25) is 4.40 Å². The number of rotatable bonds is 1. The van der Waals surface area contributed by atoms with Crippen molar-refractivity contribution >= 4 is 17.0 Å². The Morgan fingerprint density at radius 3 is 2.94 bits per heavy atom. The number of fused-ring (bicyclic) bond motifs is 1. The molecule has 0 fully saturated rings. The van der Waals surface area contributed by atoms with Crippen molar-refractivity contribution in [3.8, 4) is 17.5 Å². The molecule has 3 rings (SSSR count). The van der Waals surface area contributed by atoms with Crippen LogP contribution in [0.3, 0.4) is 0 Å². The van der Waals surface area contributed by atoms with Gasteiger partial charge in [0.15, 0.2) is 11.5 Å². The van der Waals surface area contributed by atoms with E-state index in [-0.39, 0.29) is 0 Å². The SMILES string of the molecule is N#Cc1ccc2nnc(-c3ccsc3)n2c1. The van der Waals surface area contributed by atoms with E-state index in [0.717, 1.165) is 17.0 Å². The second-order valence-corrected chi connectivity index (χ2v) is 4.07. The van der Waals surface area contributed by atoms with Crippen molar-refractivity contribution in [3.63, 3.8) is 0 Å². The molecule has 5 heteroatoms. The molecule has 3 aromatic heterocycles. The van der Waals surface area contributed by atoms with Gasteiger partial charge in [0.25, 0.3) is 0 Å². The molecule has 4 nitrogen and oxygen atoms in total. The fourth-order valence-electron chi connectivity index (χ4n) is 1.55. The van der Waals surface area contributed by atoms with E-state index in [1.54, 1.807) is 29.7 Å². The van der Waals surface area contributed by atoms with E-state index in [1.807, 2.05) is 21.2 Å². The first-order valence-corrected chi connectivity index (χ1v) is 5.60. The maximum atomic E-state index is 8.85. The quantitative estimate of drug-likeness (QED) is 0.640. The lowest BCUT2D eigenvalue weighted by Gasteiger charge is -1.96. The number of thiophene rings is 1. The number of hydrogen-bond acceptors (Lipinski definition) is 4. The average Bonchev–Trinajstić information content (AvgIpc) is 2.96. The zero-order chi connectivity index (χ0) is 11.0. The molecule has 0 bridgehead atoms. The van der Waals surface area contributed by atoms with Crippen molar-refractivity contribution in [2.45, 2.75) is 0 Å². The van der Waals surface area contributed by atoms with Crippen molar-refractivity contribution in [2.24, 2.45) is 0 Å². The first kappa shape index (κ1) is 9.07. The summed E-state index contributed by atoms with van der Waals surface area (Å²) in [5, 5.41) is 21.0. The summed E-state index contributed by atoms with van der Waals surface area (Å²) >= 11 is 1.61. The highest BCUT2D eigenvalue weighted by atomic mass is 32.1. The van der Waals surface area contributed by atoms with E-state index < -0.39 is 0 Å². The summed E-state index contributed by atoms with van der Waals surface area (Å²) in [7, 11) is 0. The molecule has 0 aliphatic carbocycles. The number of aromatic nitrogens is 3. The van der Waals surface area contributed by atoms with E-state index in [9.17, 15) is 0 Å². The van der Waals surface area contributed by atoms with Crippen LogP contribution >= 0.6 is 11.3 Å². The lowest BCUT2D eigenvalue weighted by molar-refractivity contribution is 1.11. The molecule has 0 radical (unpaired) electrons. The predicted octanol–water partition coefficient (Wildman–Crippen LogP) is 2.33. The minimum absolute atomic E-state index is 0.601. The van der Waals surface area contributed by atoms with Crippen LogP contribution in [0, 0.1) is 11.3 Å². The number of nitrogens with zero attached hydrogens (tertiary/aromatic N) is 4. The van der Waals surface area contributed by atoms with E-state index in [1.165, 1.54) is 0 Å². The maximum absolute atomic E-state index is 8.85. The van der Waals surface area contributed by atoms with E-state index in [0.29, 0.717) is 5.56 Å². The van der Waals surface area contributed by atoms with Gasteiger partial charge in [0.1, 0.15) is 6.07 Å². The molecule has 3 aromatic rings. The lowest BCUT2D eigenvalue weighted by Crippen LogP contribution is -1.89. The Labute approximate surface area is 95.4 Å². The molecule has 0 aliphatic rings. The molecular weight excluding hydrogens is 220 g/mol. The summed E-state index contributed by atoms with van der Waals surface area (Å²) in [6.45, 7) is 0. The van der Waals surface area contributed by atoms with Gasteiger partial charge in [-0.2, -0.15) is 16.6 Å². The molecule has 0 spiro atoms. The first-order valence-electron chi connectivity index (χ1n) is 4.66. The van der Waals surface area contributed by atoms with Crippen molar-refractivity contribution in [1.29, 1.82) is 5.26 Å². The molecular formula is C11H6N4S. The molecule has 0 atom stereocenters. The summed E-state index contributed by atoms with van der Waals surface area (Å²) in [6, 6.07) is 7.62. The van der Waals surface area contributed by atoms with Gasteiger partial charge >= 0.3 is 0 Å². The molecule has 0 aliphatic heterocycles. The van der Waals surface area contributed by atoms with E-state index in [4.69, 9.17) is 5.26 Å². The van der Waals surface area contributed by atoms with Crippen molar-refractivity contribution in [2.75, 3.05) is 0 Å². The summed E-state index contributed by atoms with van der Waals surface area (Å²) in [6.07, 6.45) is 1.75. The van der Waals surface area contributed by atoms with Gasteiger partial charge in [0.05, 0.1) is 5.56 Å². The smallest absolute Gasteiger partial charge is 0.169 e. The Balaban J connectivity index is 2.31. The zero-order valence-electron chi connectivity index (χ0n) is 8.16. The topological polar surface area (TPSA) is 54.0 Å². The summed E-state index contributed by atoms with van der Waals surface area (Å²) in [4.78, 5) is 0. The van der Waals surface area contributed by atoms with Crippen LogP contribution in [0.15, 0.2) is 35.2 Å². The number of nitriles is 1. The second-order valence-electron chi connectivity index (χ2n) is 3.29. The van der Waals surface area contributed by atoms with Crippen LogP contribution in [0.4, 0.5) is 0 Å². The van der Waals surface area contributed by atoms with Crippen LogP contribution in [0.2, 0.25) is 0 Å². The molecule has 0 amide bonds. The minimum Gasteiger partial charge on any atom is -0.281 e. The van der Waals surface area contributed by atoms with Gasteiger partial charge in [-0.05, 0) is 23.6 Å². The Bertz CT molecular complexity index is 676. The molecule has 76 valence electrons. The fraction of sp³-hybridized carbons (Fsp3) is 0. The largest absolute Gasteiger partial charge is 0.281 e. The highest BCUT2D eigenvalue weighted by Gasteiger charge is 2.08. The van der Waals surface area contributed by atoms with Crippen LogP contribution in [0.1, 0.15) is 5.56 Å². The van der Waals surface area contributed by atoms with Crippen molar-refractivity contribution < 1.29 is 0 Å². The van der Waals surface area contributed by atoms with E-state index >= 15 is 0 Å². The fourth-order valence-corrected chi connectivity index (χ4v) is 2.18. The molecule has 3 heterocycles. The monoisotopic (exact) mass is 226 g/mol. The Hall–Kier alpha value is -2.19. The highest BCUT2D eigenvalue weighted by molar-refractivity contribution is 7.08. The third-order valence-corrected chi connectivity index (χ3v) is 2.99. The highest BCUT2D eigenvalue weighted by Crippen LogP contribution is 2.21. The van der Waals surface area contributed by atoms with Crippen molar-refractivity contribution in [1.82, 2.24) is 14.6 Å². The maximum Gasteiger partial charge on any atom is 0.169 e. The molecule has 0 unspecified atom stereocenters. The Morgan fingerprint density at radius 1 is 1.25 bits per heavy atom. The van der Waals surface area contributed by atoms with Crippen LogP contribution < -0.4 is 0 Å². The third-order valence-electron chi connectivity index (χ3n) is 2.31. The molecule has 0 aromatic carbocycles. The van der Waals surface area contributed by atoms with Crippen LogP contribution in [-0.4, -0.2) is 14.6 Å². The molecule has 0 saturated carbocycles. The van der Waals surface area contributed by atoms with Gasteiger partial charge in [0, 0.05) is 17.1 Å². The lowest BCUT2D eigenvalue weighted by atomic mass is 10.3. The van der Waals surface area contributed by atoms with Gasteiger partial charge in [0.2, 0.25) is 0 Å². The van der Waals surface area contributed by atoms with Gasteiger partial charge in [-0.25, -0.2) is 0 Å². The molecule has 16 heavy (non-hydrogen) atoms. The van der Waals surface area contributed by atoms with Crippen molar-refractivity contribution in [3.05, 3.63) is 40.7 Å². The van der Waals surface area contributed by atoms with Gasteiger partial charge in [-0.15, -0.1) is 10.2 Å². The molecule has 0 N–H and O–H groups in total. The minimum atomic E-state index is 0.601. The summed E-state index contributed by atoms with van der Waals surface area (Å²) in [5.41, 5.74) is 2.37. The zero-order valence-corrected chi connectivity index (χ0v) is 8.98. The first-order chi connectivity index (χ1) is 7.88. The normalized spacial score (nSPS) is 10.4. The van der Waals surface area contributed by atoms with Crippen LogP contribution in [0.5, 0.6) is 0 Å². The van der Waals surface area contributed by atoms with E-state index in [2.05, 4.69) is 16.3 Å². The predicted molar refractivity (Wildman–Crippen MR) is 61.0 cm³/mol. The number of pyridine rings is 1. The number of hydrogen-bond donors (Lipinski definition) is 0. The summed E-state index contributed by atoms with van der Waals surface area (Å²) < 4.78 is 1.83. The van der Waals surface area contributed by atoms with Gasteiger partial charge in [-0.1, -0.05) is 0 Å². The third kappa shape index (κ3) is 1.28. The second kappa shape index (κ2) is 3.43.